The Morgan fingerprint density at radius 2 is 1.62 bits per heavy atom. The predicted molar refractivity (Wildman–Crippen MR) is 133 cm³/mol. The van der Waals surface area contributed by atoms with E-state index in [0.717, 1.165) is 63.6 Å². The van der Waals surface area contributed by atoms with Crippen LogP contribution < -0.4 is 10.1 Å². The van der Waals surface area contributed by atoms with Crippen molar-refractivity contribution in [2.45, 2.75) is 46.0 Å². The van der Waals surface area contributed by atoms with Gasteiger partial charge in [-0.3, -0.25) is 9.69 Å². The van der Waals surface area contributed by atoms with Crippen LogP contribution in [-0.4, -0.2) is 61.6 Å². The van der Waals surface area contributed by atoms with Crippen molar-refractivity contribution in [1.82, 2.24) is 9.80 Å². The number of para-hydroxylation sites is 1. The van der Waals surface area contributed by atoms with Crippen molar-refractivity contribution in [1.29, 1.82) is 0 Å². The van der Waals surface area contributed by atoms with E-state index in [2.05, 4.69) is 73.1 Å². The van der Waals surface area contributed by atoms with Crippen LogP contribution in [0.3, 0.4) is 0 Å². The van der Waals surface area contributed by atoms with Crippen molar-refractivity contribution >= 4 is 11.6 Å². The number of hydrogen-bond donors (Lipinski definition) is 1. The molecule has 1 N–H and O–H groups in total. The summed E-state index contributed by atoms with van der Waals surface area (Å²) < 4.78 is 5.92. The fraction of sp³-hybridized carbons (Fsp3) is 0.519. The molecular formula is C27H39N3O2. The smallest absolute Gasteiger partial charge is 0.238 e. The Kier molecular flexibility index (Phi) is 8.71. The van der Waals surface area contributed by atoms with E-state index in [1.165, 1.54) is 11.1 Å². The normalized spacial score (nSPS) is 15.5. The zero-order chi connectivity index (χ0) is 23.0. The minimum Gasteiger partial charge on any atom is -0.494 e. The van der Waals surface area contributed by atoms with Crippen LogP contribution in [0.2, 0.25) is 0 Å². The van der Waals surface area contributed by atoms with Crippen LogP contribution in [0.25, 0.3) is 0 Å². The molecule has 0 radical (unpaired) electrons. The topological polar surface area (TPSA) is 44.8 Å². The first-order chi connectivity index (χ1) is 15.3. The molecule has 174 valence electrons. The third-order valence-electron chi connectivity index (χ3n) is 6.11. The number of carbonyl (C=O) groups excluding carboxylic acids is 1. The Morgan fingerprint density at radius 1 is 0.969 bits per heavy atom. The highest BCUT2D eigenvalue weighted by molar-refractivity contribution is 5.93. The van der Waals surface area contributed by atoms with E-state index in [0.29, 0.717) is 6.54 Å². The van der Waals surface area contributed by atoms with Crippen molar-refractivity contribution in [2.24, 2.45) is 0 Å². The summed E-state index contributed by atoms with van der Waals surface area (Å²) in [5.74, 6) is 1.02. The number of rotatable bonds is 9. The molecule has 5 heteroatoms. The molecule has 1 fully saturated rings. The van der Waals surface area contributed by atoms with Crippen molar-refractivity contribution in [2.75, 3.05) is 51.2 Å². The highest BCUT2D eigenvalue weighted by atomic mass is 16.5. The number of ether oxygens (including phenoxy) is 1. The second-order valence-corrected chi connectivity index (χ2v) is 9.65. The molecule has 0 unspecified atom stereocenters. The maximum atomic E-state index is 12.5. The Hall–Kier alpha value is -2.37. The summed E-state index contributed by atoms with van der Waals surface area (Å²) in [6.45, 7) is 14.9. The molecular weight excluding hydrogens is 398 g/mol. The zero-order valence-electron chi connectivity index (χ0n) is 20.2. The summed E-state index contributed by atoms with van der Waals surface area (Å²) in [5, 5.41) is 3.08. The Balaban J connectivity index is 1.31. The van der Waals surface area contributed by atoms with Crippen LogP contribution in [0.4, 0.5) is 5.69 Å². The Morgan fingerprint density at radius 3 is 2.28 bits per heavy atom. The SMILES string of the molecule is CCc1ccccc1NC(=O)CN1CCN(CCCOc2ccc(C(C)(C)C)cc2)CC1. The van der Waals surface area contributed by atoms with Crippen LogP contribution >= 0.6 is 0 Å². The average Bonchev–Trinajstić information content (AvgIpc) is 2.78. The van der Waals surface area contributed by atoms with Crippen LogP contribution in [-0.2, 0) is 16.6 Å². The molecule has 0 aliphatic carbocycles. The summed E-state index contributed by atoms with van der Waals surface area (Å²) in [7, 11) is 0. The number of anilines is 1. The van der Waals surface area contributed by atoms with Crippen molar-refractivity contribution in [3.8, 4) is 5.75 Å². The lowest BCUT2D eigenvalue weighted by Gasteiger charge is -2.34. The van der Waals surface area contributed by atoms with Gasteiger partial charge in [-0.15, -0.1) is 0 Å². The van der Waals surface area contributed by atoms with Gasteiger partial charge >= 0.3 is 0 Å². The van der Waals surface area contributed by atoms with Crippen LogP contribution in [0, 0.1) is 0 Å². The minimum absolute atomic E-state index is 0.0743. The molecule has 0 saturated carbocycles. The predicted octanol–water partition coefficient (Wildman–Crippen LogP) is 4.57. The van der Waals surface area contributed by atoms with E-state index in [1.807, 2.05) is 18.2 Å². The number of hydrogen-bond acceptors (Lipinski definition) is 4. The number of nitrogens with zero attached hydrogens (tertiary/aromatic N) is 2. The number of amides is 1. The van der Waals surface area contributed by atoms with Crippen molar-refractivity contribution in [3.63, 3.8) is 0 Å². The van der Waals surface area contributed by atoms with Gasteiger partial charge in [0.2, 0.25) is 5.91 Å². The number of benzene rings is 2. The van der Waals surface area contributed by atoms with Crippen LogP contribution in [0.5, 0.6) is 5.75 Å². The van der Waals surface area contributed by atoms with Gasteiger partial charge in [-0.2, -0.15) is 0 Å². The van der Waals surface area contributed by atoms with Gasteiger partial charge in [0.1, 0.15) is 5.75 Å². The quantitative estimate of drug-likeness (QED) is 0.584. The highest BCUT2D eigenvalue weighted by Crippen LogP contribution is 2.24. The monoisotopic (exact) mass is 437 g/mol. The molecule has 5 nitrogen and oxygen atoms in total. The van der Waals surface area contributed by atoms with Crippen molar-refractivity contribution in [3.05, 3.63) is 59.7 Å². The fourth-order valence-electron chi connectivity index (χ4n) is 4.04. The Labute approximate surface area is 193 Å². The van der Waals surface area contributed by atoms with E-state index in [4.69, 9.17) is 4.74 Å². The molecule has 1 amide bonds. The molecule has 1 heterocycles. The van der Waals surface area contributed by atoms with E-state index < -0.39 is 0 Å². The van der Waals surface area contributed by atoms with Gasteiger partial charge < -0.3 is 15.0 Å². The molecule has 2 aromatic carbocycles. The summed E-state index contributed by atoms with van der Waals surface area (Å²) >= 11 is 0. The van der Waals surface area contributed by atoms with Gasteiger partial charge in [-0.1, -0.05) is 58.0 Å². The fourth-order valence-corrected chi connectivity index (χ4v) is 4.04. The van der Waals surface area contributed by atoms with Crippen molar-refractivity contribution < 1.29 is 9.53 Å². The van der Waals surface area contributed by atoms with Gasteiger partial charge in [0, 0.05) is 38.4 Å². The molecule has 32 heavy (non-hydrogen) atoms. The number of carbonyl (C=O) groups is 1. The molecule has 1 aliphatic rings. The largest absolute Gasteiger partial charge is 0.494 e. The maximum Gasteiger partial charge on any atom is 0.238 e. The summed E-state index contributed by atoms with van der Waals surface area (Å²) in [6, 6.07) is 16.5. The summed E-state index contributed by atoms with van der Waals surface area (Å²) in [4.78, 5) is 17.2. The third kappa shape index (κ3) is 7.35. The molecule has 0 aromatic heterocycles. The zero-order valence-corrected chi connectivity index (χ0v) is 20.2. The third-order valence-corrected chi connectivity index (χ3v) is 6.11. The lowest BCUT2D eigenvalue weighted by Crippen LogP contribution is -2.48. The van der Waals surface area contributed by atoms with E-state index >= 15 is 0 Å². The Bertz CT molecular complexity index is 850. The second kappa shape index (κ2) is 11.5. The first kappa shape index (κ1) is 24.3. The summed E-state index contributed by atoms with van der Waals surface area (Å²) in [5.41, 5.74) is 3.61. The van der Waals surface area contributed by atoms with Gasteiger partial charge in [0.15, 0.2) is 0 Å². The van der Waals surface area contributed by atoms with E-state index in [-0.39, 0.29) is 11.3 Å². The van der Waals surface area contributed by atoms with Crippen LogP contribution in [0.1, 0.15) is 45.2 Å². The lowest BCUT2D eigenvalue weighted by molar-refractivity contribution is -0.117. The first-order valence-corrected chi connectivity index (χ1v) is 11.9. The summed E-state index contributed by atoms with van der Waals surface area (Å²) in [6.07, 6.45) is 1.93. The number of piperazine rings is 1. The first-order valence-electron chi connectivity index (χ1n) is 11.9. The van der Waals surface area contributed by atoms with Gasteiger partial charge in [0.05, 0.1) is 13.2 Å². The molecule has 2 aromatic rings. The maximum absolute atomic E-state index is 12.5. The van der Waals surface area contributed by atoms with Gasteiger partial charge in [-0.25, -0.2) is 0 Å². The van der Waals surface area contributed by atoms with Gasteiger partial charge in [0.25, 0.3) is 0 Å². The molecule has 0 spiro atoms. The molecule has 1 aliphatic heterocycles. The van der Waals surface area contributed by atoms with E-state index in [9.17, 15) is 4.79 Å². The van der Waals surface area contributed by atoms with Gasteiger partial charge in [-0.05, 0) is 47.6 Å². The minimum atomic E-state index is 0.0743. The molecule has 1 saturated heterocycles. The number of nitrogens with one attached hydrogen (secondary N) is 1. The van der Waals surface area contributed by atoms with Crippen LogP contribution in [0.15, 0.2) is 48.5 Å². The highest BCUT2D eigenvalue weighted by Gasteiger charge is 2.19. The molecule has 0 bridgehead atoms. The average molecular weight is 438 g/mol. The lowest BCUT2D eigenvalue weighted by atomic mass is 9.87. The standard InChI is InChI=1S/C27H39N3O2/c1-5-22-9-6-7-10-25(22)28-26(31)21-30-18-16-29(17-19-30)15-8-20-32-24-13-11-23(12-14-24)27(2,3)4/h6-7,9-14H,5,8,15-21H2,1-4H3,(H,28,31). The number of aryl methyl sites for hydroxylation is 1. The molecule has 0 atom stereocenters. The second-order valence-electron chi connectivity index (χ2n) is 9.65. The van der Waals surface area contributed by atoms with E-state index in [1.54, 1.807) is 0 Å². The molecule has 3 rings (SSSR count).